The van der Waals surface area contributed by atoms with E-state index >= 15 is 0 Å². The maximum Gasteiger partial charge on any atom is 0.152 e. The number of aliphatic hydroxyl groups is 1. The summed E-state index contributed by atoms with van der Waals surface area (Å²) >= 11 is 0. The first kappa shape index (κ1) is 9.43. The molecule has 1 saturated heterocycles. The van der Waals surface area contributed by atoms with Crippen LogP contribution < -0.4 is 0 Å². The van der Waals surface area contributed by atoms with Gasteiger partial charge in [-0.1, -0.05) is 0 Å². The highest BCUT2D eigenvalue weighted by Crippen LogP contribution is 2.26. The predicted octanol–water partition coefficient (Wildman–Crippen LogP) is -0.760. The van der Waals surface area contributed by atoms with Gasteiger partial charge in [0.05, 0.1) is 17.6 Å². The molecule has 2 fully saturated rings. The molecule has 1 aliphatic carbocycles. The van der Waals surface area contributed by atoms with E-state index in [1.165, 1.54) is 0 Å². The van der Waals surface area contributed by atoms with Gasteiger partial charge in [-0.2, -0.15) is 0 Å². The molecule has 1 N–H and O–H groups in total. The van der Waals surface area contributed by atoms with E-state index in [1.807, 2.05) is 0 Å². The SMILES string of the molecule is O=S1(=O)CCN([C@@H]2CC[C@H]2O)CC1. The van der Waals surface area contributed by atoms with E-state index in [0.717, 1.165) is 12.8 Å². The zero-order valence-electron chi connectivity index (χ0n) is 7.52. The molecule has 1 aliphatic heterocycles. The molecular formula is C8H15NO3S. The summed E-state index contributed by atoms with van der Waals surface area (Å²) in [6.07, 6.45) is 1.66. The molecule has 0 aromatic carbocycles. The van der Waals surface area contributed by atoms with Gasteiger partial charge in [-0.15, -0.1) is 0 Å². The fourth-order valence-corrected chi connectivity index (χ4v) is 3.18. The van der Waals surface area contributed by atoms with E-state index in [4.69, 9.17) is 0 Å². The molecular weight excluding hydrogens is 190 g/mol. The number of nitrogens with zero attached hydrogens (tertiary/aromatic N) is 1. The normalized spacial score (nSPS) is 39.8. The van der Waals surface area contributed by atoms with Crippen LogP contribution in [0.2, 0.25) is 0 Å². The van der Waals surface area contributed by atoms with Crippen LogP contribution in [-0.2, 0) is 9.84 Å². The second-order valence-corrected chi connectivity index (χ2v) is 6.20. The Bertz CT molecular complexity index is 274. The Morgan fingerprint density at radius 3 is 2.15 bits per heavy atom. The number of hydrogen-bond acceptors (Lipinski definition) is 4. The van der Waals surface area contributed by atoms with Gasteiger partial charge in [-0.05, 0) is 12.8 Å². The minimum absolute atomic E-state index is 0.221. The molecule has 13 heavy (non-hydrogen) atoms. The van der Waals surface area contributed by atoms with Crippen LogP contribution in [0.3, 0.4) is 0 Å². The molecule has 76 valence electrons. The van der Waals surface area contributed by atoms with Crippen molar-refractivity contribution in [3.05, 3.63) is 0 Å². The summed E-state index contributed by atoms with van der Waals surface area (Å²) in [6, 6.07) is 0.232. The number of aliphatic hydroxyl groups excluding tert-OH is 1. The lowest BCUT2D eigenvalue weighted by atomic mass is 9.88. The third-order valence-corrected chi connectivity index (χ3v) is 4.66. The van der Waals surface area contributed by atoms with Crippen LogP contribution in [0.15, 0.2) is 0 Å². The quantitative estimate of drug-likeness (QED) is 0.611. The molecule has 0 spiro atoms. The van der Waals surface area contributed by atoms with Crippen molar-refractivity contribution in [1.29, 1.82) is 0 Å². The van der Waals surface area contributed by atoms with Gasteiger partial charge in [0.2, 0.25) is 0 Å². The Morgan fingerprint density at radius 1 is 1.15 bits per heavy atom. The molecule has 2 aliphatic rings. The van der Waals surface area contributed by atoms with Gasteiger partial charge in [0.1, 0.15) is 0 Å². The summed E-state index contributed by atoms with van der Waals surface area (Å²) in [6.45, 7) is 1.20. The van der Waals surface area contributed by atoms with Crippen LogP contribution in [0.5, 0.6) is 0 Å². The highest BCUT2D eigenvalue weighted by molar-refractivity contribution is 7.91. The highest BCUT2D eigenvalue weighted by Gasteiger charge is 2.36. The van der Waals surface area contributed by atoms with Gasteiger partial charge in [0.25, 0.3) is 0 Å². The van der Waals surface area contributed by atoms with Crippen molar-refractivity contribution in [1.82, 2.24) is 4.90 Å². The second kappa shape index (κ2) is 3.22. The Kier molecular flexibility index (Phi) is 2.33. The zero-order chi connectivity index (χ0) is 9.47. The van der Waals surface area contributed by atoms with Gasteiger partial charge in [-0.25, -0.2) is 8.42 Å². The van der Waals surface area contributed by atoms with Crippen molar-refractivity contribution >= 4 is 9.84 Å². The Hall–Kier alpha value is -0.130. The van der Waals surface area contributed by atoms with Crippen molar-refractivity contribution in [3.63, 3.8) is 0 Å². The van der Waals surface area contributed by atoms with Crippen LogP contribution >= 0.6 is 0 Å². The van der Waals surface area contributed by atoms with E-state index in [2.05, 4.69) is 4.90 Å². The van der Waals surface area contributed by atoms with Crippen LogP contribution in [0.4, 0.5) is 0 Å². The van der Waals surface area contributed by atoms with Crippen LogP contribution in [-0.4, -0.2) is 55.2 Å². The first-order chi connectivity index (χ1) is 6.08. The van der Waals surface area contributed by atoms with Crippen LogP contribution in [0.1, 0.15) is 12.8 Å². The highest BCUT2D eigenvalue weighted by atomic mass is 32.2. The molecule has 0 bridgehead atoms. The largest absolute Gasteiger partial charge is 0.391 e. The molecule has 0 aromatic rings. The van der Waals surface area contributed by atoms with E-state index in [0.29, 0.717) is 13.1 Å². The average molecular weight is 205 g/mol. The Labute approximate surface area is 78.5 Å². The number of rotatable bonds is 1. The first-order valence-corrected chi connectivity index (χ1v) is 6.53. The summed E-state index contributed by atoms with van der Waals surface area (Å²) in [5.41, 5.74) is 0. The number of sulfone groups is 1. The van der Waals surface area contributed by atoms with Gasteiger partial charge in [-0.3, -0.25) is 4.90 Å². The van der Waals surface area contributed by atoms with E-state index in [-0.39, 0.29) is 23.7 Å². The topological polar surface area (TPSA) is 57.6 Å². The van der Waals surface area contributed by atoms with Gasteiger partial charge >= 0.3 is 0 Å². The van der Waals surface area contributed by atoms with Crippen molar-refractivity contribution in [2.75, 3.05) is 24.6 Å². The lowest BCUT2D eigenvalue weighted by molar-refractivity contribution is -0.0174. The molecule has 1 heterocycles. The molecule has 1 saturated carbocycles. The summed E-state index contributed by atoms with van der Waals surface area (Å²) in [5, 5.41) is 9.40. The third kappa shape index (κ3) is 1.87. The van der Waals surface area contributed by atoms with Crippen LogP contribution in [0, 0.1) is 0 Å². The van der Waals surface area contributed by atoms with Crippen molar-refractivity contribution in [2.45, 2.75) is 25.0 Å². The maximum absolute atomic E-state index is 11.1. The first-order valence-electron chi connectivity index (χ1n) is 4.71. The monoisotopic (exact) mass is 205 g/mol. The van der Waals surface area contributed by atoms with Crippen LogP contribution in [0.25, 0.3) is 0 Å². The fraction of sp³-hybridized carbons (Fsp3) is 1.00. The fourth-order valence-electron chi connectivity index (χ4n) is 1.95. The molecule has 5 heteroatoms. The summed E-state index contributed by atoms with van der Waals surface area (Å²) < 4.78 is 22.2. The third-order valence-electron chi connectivity index (χ3n) is 3.05. The van der Waals surface area contributed by atoms with Gasteiger partial charge < -0.3 is 5.11 Å². The minimum Gasteiger partial charge on any atom is -0.391 e. The molecule has 2 atom stereocenters. The van der Waals surface area contributed by atoms with Gasteiger partial charge in [0, 0.05) is 19.1 Å². The molecule has 0 aromatic heterocycles. The lowest BCUT2D eigenvalue weighted by Crippen LogP contribution is -2.55. The average Bonchev–Trinajstić information content (AvgIpc) is 2.06. The summed E-state index contributed by atoms with van der Waals surface area (Å²) in [4.78, 5) is 2.11. The Balaban J connectivity index is 1.91. The summed E-state index contributed by atoms with van der Waals surface area (Å²) in [7, 11) is -2.77. The van der Waals surface area contributed by atoms with E-state index in [1.54, 1.807) is 0 Å². The summed E-state index contributed by atoms with van der Waals surface area (Å²) in [5.74, 6) is 0.520. The molecule has 0 radical (unpaired) electrons. The smallest absolute Gasteiger partial charge is 0.152 e. The lowest BCUT2D eigenvalue weighted by Gasteiger charge is -2.43. The van der Waals surface area contributed by atoms with Gasteiger partial charge in [0.15, 0.2) is 9.84 Å². The van der Waals surface area contributed by atoms with E-state index < -0.39 is 9.84 Å². The molecule has 0 amide bonds. The van der Waals surface area contributed by atoms with Crippen molar-refractivity contribution in [2.24, 2.45) is 0 Å². The maximum atomic E-state index is 11.1. The second-order valence-electron chi connectivity index (χ2n) is 3.90. The predicted molar refractivity (Wildman–Crippen MR) is 49.3 cm³/mol. The molecule has 2 rings (SSSR count). The minimum atomic E-state index is -2.77. The molecule has 0 unspecified atom stereocenters. The molecule has 4 nitrogen and oxygen atoms in total. The number of hydrogen-bond donors (Lipinski definition) is 1. The zero-order valence-corrected chi connectivity index (χ0v) is 8.33. The Morgan fingerprint density at radius 2 is 1.77 bits per heavy atom. The standard InChI is InChI=1S/C8H15NO3S/c10-8-2-1-7(8)9-3-5-13(11,12)6-4-9/h7-8,10H,1-6H2/t7-,8-/m1/s1. The van der Waals surface area contributed by atoms with E-state index in [9.17, 15) is 13.5 Å². The van der Waals surface area contributed by atoms with Crippen molar-refractivity contribution in [3.8, 4) is 0 Å². The van der Waals surface area contributed by atoms with Crippen molar-refractivity contribution < 1.29 is 13.5 Å².